The number of nitrogens with one attached hydrogen (secondary N) is 2. The minimum atomic E-state index is 0.623. The Labute approximate surface area is 148 Å². The highest BCUT2D eigenvalue weighted by Gasteiger charge is 2.14. The highest BCUT2D eigenvalue weighted by molar-refractivity contribution is 5.79. The number of hydrogen-bond acceptors (Lipinski definition) is 4. The lowest BCUT2D eigenvalue weighted by atomic mass is 10.1. The fraction of sp³-hybridized carbons (Fsp3) is 0.944. The van der Waals surface area contributed by atoms with Crippen LogP contribution in [0, 0.1) is 5.92 Å². The highest BCUT2D eigenvalue weighted by Crippen LogP contribution is 2.09. The van der Waals surface area contributed by atoms with Gasteiger partial charge in [0, 0.05) is 33.3 Å². The standard InChI is InChI=1S/C18H38N4O2/c1-4-5-11-23-13-14-24-12-8-20-18(19-3)21-15-17(2)16-22-9-6-7-10-22/h17H,4-16H2,1-3H3,(H2,19,20,21). The van der Waals surface area contributed by atoms with Crippen molar-refractivity contribution < 1.29 is 9.47 Å². The number of likely N-dealkylation sites (tertiary alicyclic amines) is 1. The molecule has 0 bridgehead atoms. The van der Waals surface area contributed by atoms with E-state index in [1.165, 1.54) is 38.9 Å². The summed E-state index contributed by atoms with van der Waals surface area (Å²) in [6.45, 7) is 12.7. The van der Waals surface area contributed by atoms with Gasteiger partial charge in [-0.25, -0.2) is 0 Å². The van der Waals surface area contributed by atoms with Crippen LogP contribution < -0.4 is 10.6 Å². The smallest absolute Gasteiger partial charge is 0.191 e. The number of nitrogens with zero attached hydrogens (tertiary/aromatic N) is 2. The maximum atomic E-state index is 5.55. The number of ether oxygens (including phenoxy) is 2. The lowest BCUT2D eigenvalue weighted by molar-refractivity contribution is 0.0487. The average molecular weight is 343 g/mol. The first kappa shape index (κ1) is 21.2. The van der Waals surface area contributed by atoms with Crippen molar-refractivity contribution in [2.75, 3.05) is 66.2 Å². The molecule has 0 saturated carbocycles. The Balaban J connectivity index is 1.96. The molecule has 1 saturated heterocycles. The second-order valence-electron chi connectivity index (χ2n) is 6.57. The first-order valence-corrected chi connectivity index (χ1v) is 9.58. The van der Waals surface area contributed by atoms with Gasteiger partial charge in [0.15, 0.2) is 5.96 Å². The van der Waals surface area contributed by atoms with Crippen molar-refractivity contribution >= 4 is 5.96 Å². The Bertz CT molecular complexity index is 320. The minimum absolute atomic E-state index is 0.623. The molecule has 0 aromatic carbocycles. The number of hydrogen-bond donors (Lipinski definition) is 2. The first-order chi connectivity index (χ1) is 11.8. The van der Waals surface area contributed by atoms with Crippen molar-refractivity contribution in [2.24, 2.45) is 10.9 Å². The highest BCUT2D eigenvalue weighted by atomic mass is 16.5. The van der Waals surface area contributed by atoms with E-state index in [1.54, 1.807) is 0 Å². The SMILES string of the molecule is CCCCOCCOCCNC(=NC)NCC(C)CN1CCCC1. The van der Waals surface area contributed by atoms with Gasteiger partial charge in [-0.2, -0.15) is 0 Å². The molecule has 6 nitrogen and oxygen atoms in total. The Hall–Kier alpha value is -0.850. The molecule has 0 spiro atoms. The predicted molar refractivity (Wildman–Crippen MR) is 101 cm³/mol. The second kappa shape index (κ2) is 14.5. The van der Waals surface area contributed by atoms with E-state index >= 15 is 0 Å². The van der Waals surface area contributed by atoms with E-state index in [4.69, 9.17) is 9.47 Å². The fourth-order valence-electron chi connectivity index (χ4n) is 2.77. The summed E-state index contributed by atoms with van der Waals surface area (Å²) in [5.74, 6) is 1.48. The molecular weight excluding hydrogens is 304 g/mol. The van der Waals surface area contributed by atoms with Crippen molar-refractivity contribution in [3.8, 4) is 0 Å². The second-order valence-corrected chi connectivity index (χ2v) is 6.57. The fourth-order valence-corrected chi connectivity index (χ4v) is 2.77. The molecule has 2 N–H and O–H groups in total. The third-order valence-corrected chi connectivity index (χ3v) is 4.16. The van der Waals surface area contributed by atoms with Gasteiger partial charge in [0.1, 0.15) is 0 Å². The molecule has 1 aliphatic rings. The van der Waals surface area contributed by atoms with Gasteiger partial charge in [-0.15, -0.1) is 0 Å². The zero-order chi connectivity index (χ0) is 17.5. The normalized spacial score (nSPS) is 17.2. The molecule has 0 aromatic rings. The van der Waals surface area contributed by atoms with Crippen molar-refractivity contribution in [3.05, 3.63) is 0 Å². The number of aliphatic imine (C=N–C) groups is 1. The Morgan fingerprint density at radius 3 is 2.46 bits per heavy atom. The van der Waals surface area contributed by atoms with Crippen LogP contribution >= 0.6 is 0 Å². The molecule has 1 aliphatic heterocycles. The molecule has 0 aliphatic carbocycles. The molecule has 0 amide bonds. The summed E-state index contributed by atoms with van der Waals surface area (Å²) < 4.78 is 11.0. The molecule has 1 atom stereocenters. The zero-order valence-corrected chi connectivity index (χ0v) is 16.0. The van der Waals surface area contributed by atoms with Crippen LogP contribution in [0.4, 0.5) is 0 Å². The summed E-state index contributed by atoms with van der Waals surface area (Å²) in [7, 11) is 1.81. The summed E-state index contributed by atoms with van der Waals surface area (Å²) in [6.07, 6.45) is 5.01. The lowest BCUT2D eigenvalue weighted by Crippen LogP contribution is -2.42. The van der Waals surface area contributed by atoms with E-state index in [1.807, 2.05) is 7.05 Å². The maximum Gasteiger partial charge on any atom is 0.191 e. The van der Waals surface area contributed by atoms with Crippen LogP contribution in [-0.4, -0.2) is 77.1 Å². The van der Waals surface area contributed by atoms with Crippen molar-refractivity contribution in [1.29, 1.82) is 0 Å². The van der Waals surface area contributed by atoms with Gasteiger partial charge in [-0.1, -0.05) is 20.3 Å². The molecule has 1 fully saturated rings. The van der Waals surface area contributed by atoms with Gasteiger partial charge in [0.25, 0.3) is 0 Å². The van der Waals surface area contributed by atoms with E-state index in [9.17, 15) is 0 Å². The number of unbranched alkanes of at least 4 members (excludes halogenated alkanes) is 1. The van der Waals surface area contributed by atoms with Crippen molar-refractivity contribution in [1.82, 2.24) is 15.5 Å². The van der Waals surface area contributed by atoms with Crippen LogP contribution in [0.5, 0.6) is 0 Å². The monoisotopic (exact) mass is 342 g/mol. The molecule has 6 heteroatoms. The van der Waals surface area contributed by atoms with Gasteiger partial charge >= 0.3 is 0 Å². The molecule has 0 radical (unpaired) electrons. The Kier molecular flexibility index (Phi) is 12.8. The van der Waals surface area contributed by atoms with E-state index in [0.717, 1.165) is 32.1 Å². The molecule has 24 heavy (non-hydrogen) atoms. The third kappa shape index (κ3) is 10.8. The Morgan fingerprint density at radius 2 is 1.79 bits per heavy atom. The van der Waals surface area contributed by atoms with Crippen LogP contribution in [0.25, 0.3) is 0 Å². The van der Waals surface area contributed by atoms with Crippen molar-refractivity contribution in [3.63, 3.8) is 0 Å². The third-order valence-electron chi connectivity index (χ3n) is 4.16. The summed E-state index contributed by atoms with van der Waals surface area (Å²) in [5.41, 5.74) is 0. The molecule has 142 valence electrons. The van der Waals surface area contributed by atoms with Crippen LogP contribution in [0.15, 0.2) is 4.99 Å². The minimum Gasteiger partial charge on any atom is -0.379 e. The molecule has 1 unspecified atom stereocenters. The van der Waals surface area contributed by atoms with Gasteiger partial charge in [0.2, 0.25) is 0 Å². The topological polar surface area (TPSA) is 58.1 Å². The van der Waals surface area contributed by atoms with E-state index < -0.39 is 0 Å². The average Bonchev–Trinajstić information content (AvgIpc) is 3.09. The summed E-state index contributed by atoms with van der Waals surface area (Å²) in [4.78, 5) is 6.81. The van der Waals surface area contributed by atoms with E-state index in [-0.39, 0.29) is 0 Å². The van der Waals surface area contributed by atoms with Gasteiger partial charge in [-0.05, 0) is 38.3 Å². The zero-order valence-electron chi connectivity index (χ0n) is 16.0. The number of rotatable bonds is 13. The van der Waals surface area contributed by atoms with Crippen LogP contribution in [0.2, 0.25) is 0 Å². The maximum absolute atomic E-state index is 5.55. The molecule has 1 heterocycles. The van der Waals surface area contributed by atoms with Crippen LogP contribution in [0.3, 0.4) is 0 Å². The van der Waals surface area contributed by atoms with Crippen LogP contribution in [-0.2, 0) is 9.47 Å². The summed E-state index contributed by atoms with van der Waals surface area (Å²) in [5, 5.41) is 6.69. The quantitative estimate of drug-likeness (QED) is 0.303. The predicted octanol–water partition coefficient (Wildman–Crippen LogP) is 1.72. The van der Waals surface area contributed by atoms with Crippen LogP contribution in [0.1, 0.15) is 39.5 Å². The summed E-state index contributed by atoms with van der Waals surface area (Å²) in [6, 6.07) is 0. The van der Waals surface area contributed by atoms with Gasteiger partial charge < -0.3 is 25.0 Å². The molecule has 1 rings (SSSR count). The number of guanidine groups is 1. The van der Waals surface area contributed by atoms with Gasteiger partial charge in [0.05, 0.1) is 19.8 Å². The lowest BCUT2D eigenvalue weighted by Gasteiger charge is -2.21. The largest absolute Gasteiger partial charge is 0.379 e. The van der Waals surface area contributed by atoms with Gasteiger partial charge in [-0.3, -0.25) is 4.99 Å². The molecule has 0 aromatic heterocycles. The Morgan fingerprint density at radius 1 is 1.08 bits per heavy atom. The van der Waals surface area contributed by atoms with E-state index in [2.05, 4.69) is 34.4 Å². The van der Waals surface area contributed by atoms with Crippen molar-refractivity contribution in [2.45, 2.75) is 39.5 Å². The first-order valence-electron chi connectivity index (χ1n) is 9.58. The van der Waals surface area contributed by atoms with E-state index in [0.29, 0.717) is 25.7 Å². The summed E-state index contributed by atoms with van der Waals surface area (Å²) >= 11 is 0. The molecular formula is C18H38N4O2.